The van der Waals surface area contributed by atoms with Gasteiger partial charge in [0.2, 0.25) is 5.91 Å². The molecule has 158 valence electrons. The third kappa shape index (κ3) is 6.42. The first-order chi connectivity index (χ1) is 13.9. The highest BCUT2D eigenvalue weighted by atomic mass is 19.3. The van der Waals surface area contributed by atoms with E-state index in [9.17, 15) is 13.6 Å². The van der Waals surface area contributed by atoms with Crippen molar-refractivity contribution < 1.29 is 23.0 Å². The van der Waals surface area contributed by atoms with Gasteiger partial charge in [-0.1, -0.05) is 38.1 Å². The second kappa shape index (κ2) is 10.8. The number of halogens is 2. The van der Waals surface area contributed by atoms with E-state index in [-0.39, 0.29) is 24.0 Å². The number of nitrogens with zero attached hydrogens (tertiary/aromatic N) is 1. The number of likely N-dealkylation sites (N-methyl/N-ethyl adjacent to an activating group) is 1. The fraction of sp³-hybridized carbons (Fsp3) is 0.409. The lowest BCUT2D eigenvalue weighted by molar-refractivity contribution is -0.117. The number of carbonyl (C=O) groups excluding carboxylic acids is 1. The zero-order valence-corrected chi connectivity index (χ0v) is 17.3. The van der Waals surface area contributed by atoms with Crippen LogP contribution in [0.25, 0.3) is 0 Å². The molecule has 1 amide bonds. The SMILES string of the molecule is CCc1cccc(CC)c1NC(=O)CN(C)Cc1ccc(OC(F)F)c(OC)c1. The van der Waals surface area contributed by atoms with Crippen molar-refractivity contribution in [2.24, 2.45) is 0 Å². The van der Waals surface area contributed by atoms with Crippen LogP contribution in [0.1, 0.15) is 30.5 Å². The van der Waals surface area contributed by atoms with E-state index in [1.807, 2.05) is 30.1 Å². The Labute approximate surface area is 170 Å². The zero-order chi connectivity index (χ0) is 21.4. The van der Waals surface area contributed by atoms with Gasteiger partial charge in [0.05, 0.1) is 13.7 Å². The van der Waals surface area contributed by atoms with Gasteiger partial charge in [0.25, 0.3) is 0 Å². The van der Waals surface area contributed by atoms with Gasteiger partial charge in [-0.15, -0.1) is 0 Å². The van der Waals surface area contributed by atoms with Crippen LogP contribution in [0.5, 0.6) is 11.5 Å². The number of amides is 1. The van der Waals surface area contributed by atoms with Crippen molar-refractivity contribution in [2.45, 2.75) is 39.8 Å². The van der Waals surface area contributed by atoms with Gasteiger partial charge in [-0.25, -0.2) is 0 Å². The summed E-state index contributed by atoms with van der Waals surface area (Å²) < 4.78 is 34.5. The molecule has 0 saturated heterocycles. The molecule has 0 bridgehead atoms. The summed E-state index contributed by atoms with van der Waals surface area (Å²) in [5.74, 6) is 0.104. The van der Waals surface area contributed by atoms with Crippen LogP contribution >= 0.6 is 0 Å². The number of aryl methyl sites for hydroxylation is 2. The molecule has 5 nitrogen and oxygen atoms in total. The van der Waals surface area contributed by atoms with E-state index in [4.69, 9.17) is 4.74 Å². The van der Waals surface area contributed by atoms with Crippen LogP contribution in [-0.4, -0.2) is 38.1 Å². The summed E-state index contributed by atoms with van der Waals surface area (Å²) in [6, 6.07) is 10.8. The molecule has 0 spiro atoms. The molecule has 0 unspecified atom stereocenters. The predicted octanol–water partition coefficient (Wildman–Crippen LogP) is 4.49. The van der Waals surface area contributed by atoms with Crippen molar-refractivity contribution in [1.82, 2.24) is 4.90 Å². The summed E-state index contributed by atoms with van der Waals surface area (Å²) in [7, 11) is 3.22. The summed E-state index contributed by atoms with van der Waals surface area (Å²) in [6.07, 6.45) is 1.68. The van der Waals surface area contributed by atoms with Gasteiger partial charge in [-0.3, -0.25) is 9.69 Å². The Hall–Kier alpha value is -2.67. The highest BCUT2D eigenvalue weighted by Gasteiger charge is 2.14. The topological polar surface area (TPSA) is 50.8 Å². The number of rotatable bonds is 10. The lowest BCUT2D eigenvalue weighted by Crippen LogP contribution is -2.30. The molecule has 2 rings (SSSR count). The first-order valence-electron chi connectivity index (χ1n) is 9.58. The molecule has 0 radical (unpaired) electrons. The number of benzene rings is 2. The molecular weight excluding hydrogens is 378 g/mol. The van der Waals surface area contributed by atoms with E-state index < -0.39 is 6.61 Å². The van der Waals surface area contributed by atoms with Gasteiger partial charge in [0.15, 0.2) is 11.5 Å². The molecule has 0 heterocycles. The number of anilines is 1. The lowest BCUT2D eigenvalue weighted by Gasteiger charge is -2.19. The average molecular weight is 406 g/mol. The number of carbonyl (C=O) groups is 1. The quantitative estimate of drug-likeness (QED) is 0.632. The Bertz CT molecular complexity index is 805. The van der Waals surface area contributed by atoms with Crippen molar-refractivity contribution in [2.75, 3.05) is 26.0 Å². The van der Waals surface area contributed by atoms with Crippen molar-refractivity contribution in [3.05, 3.63) is 53.1 Å². The Balaban J connectivity index is 2.02. The number of para-hydroxylation sites is 1. The predicted molar refractivity (Wildman–Crippen MR) is 110 cm³/mol. The average Bonchev–Trinajstić information content (AvgIpc) is 2.68. The Morgan fingerprint density at radius 1 is 1.10 bits per heavy atom. The maximum Gasteiger partial charge on any atom is 0.387 e. The minimum atomic E-state index is -2.92. The molecule has 0 aliphatic heterocycles. The minimum Gasteiger partial charge on any atom is -0.493 e. The summed E-state index contributed by atoms with van der Waals surface area (Å²) in [5, 5.41) is 3.04. The Kier molecular flexibility index (Phi) is 8.39. The summed E-state index contributed by atoms with van der Waals surface area (Å²) in [4.78, 5) is 14.4. The van der Waals surface area contributed by atoms with Crippen LogP contribution in [0.3, 0.4) is 0 Å². The molecule has 2 aromatic rings. The smallest absolute Gasteiger partial charge is 0.387 e. The molecular formula is C22H28F2N2O3. The molecule has 0 fully saturated rings. The van der Waals surface area contributed by atoms with Crippen LogP contribution in [0.15, 0.2) is 36.4 Å². The monoisotopic (exact) mass is 406 g/mol. The van der Waals surface area contributed by atoms with Crippen molar-refractivity contribution in [1.29, 1.82) is 0 Å². The molecule has 2 aromatic carbocycles. The van der Waals surface area contributed by atoms with Crippen LogP contribution in [0.2, 0.25) is 0 Å². The zero-order valence-electron chi connectivity index (χ0n) is 17.3. The number of methoxy groups -OCH3 is 1. The number of nitrogens with one attached hydrogen (secondary N) is 1. The van der Waals surface area contributed by atoms with Gasteiger partial charge in [-0.05, 0) is 48.7 Å². The summed E-state index contributed by atoms with van der Waals surface area (Å²) in [5.41, 5.74) is 3.94. The summed E-state index contributed by atoms with van der Waals surface area (Å²) >= 11 is 0. The normalized spacial score (nSPS) is 11.0. The van der Waals surface area contributed by atoms with Gasteiger partial charge < -0.3 is 14.8 Å². The molecule has 0 aliphatic carbocycles. The molecule has 29 heavy (non-hydrogen) atoms. The largest absolute Gasteiger partial charge is 0.493 e. The van der Waals surface area contributed by atoms with Gasteiger partial charge in [0.1, 0.15) is 0 Å². The molecule has 0 aliphatic rings. The molecule has 1 N–H and O–H groups in total. The highest BCUT2D eigenvalue weighted by Crippen LogP contribution is 2.30. The number of hydrogen-bond donors (Lipinski definition) is 1. The molecule has 0 atom stereocenters. The first-order valence-corrected chi connectivity index (χ1v) is 9.58. The number of hydrogen-bond acceptors (Lipinski definition) is 4. The fourth-order valence-electron chi connectivity index (χ4n) is 3.20. The van der Waals surface area contributed by atoms with E-state index in [0.29, 0.717) is 6.54 Å². The maximum absolute atomic E-state index is 12.6. The van der Waals surface area contributed by atoms with Gasteiger partial charge in [0, 0.05) is 12.2 Å². The fourth-order valence-corrected chi connectivity index (χ4v) is 3.20. The Morgan fingerprint density at radius 2 is 1.76 bits per heavy atom. The van der Waals surface area contributed by atoms with Crippen LogP contribution in [-0.2, 0) is 24.2 Å². The van der Waals surface area contributed by atoms with E-state index in [2.05, 4.69) is 23.9 Å². The van der Waals surface area contributed by atoms with Gasteiger partial charge >= 0.3 is 6.61 Å². The molecule has 7 heteroatoms. The van der Waals surface area contributed by atoms with Gasteiger partial charge in [-0.2, -0.15) is 8.78 Å². The van der Waals surface area contributed by atoms with E-state index >= 15 is 0 Å². The highest BCUT2D eigenvalue weighted by molar-refractivity contribution is 5.93. The maximum atomic E-state index is 12.6. The molecule has 0 aromatic heterocycles. The van der Waals surface area contributed by atoms with E-state index in [0.717, 1.165) is 35.2 Å². The van der Waals surface area contributed by atoms with Crippen LogP contribution in [0.4, 0.5) is 14.5 Å². The van der Waals surface area contributed by atoms with Crippen molar-refractivity contribution in [3.63, 3.8) is 0 Å². The van der Waals surface area contributed by atoms with Crippen LogP contribution < -0.4 is 14.8 Å². The second-order valence-electron chi connectivity index (χ2n) is 6.74. The minimum absolute atomic E-state index is 0.0186. The lowest BCUT2D eigenvalue weighted by atomic mass is 10.0. The molecule has 0 saturated carbocycles. The third-order valence-electron chi connectivity index (χ3n) is 4.57. The van der Waals surface area contributed by atoms with Crippen molar-refractivity contribution >= 4 is 11.6 Å². The second-order valence-corrected chi connectivity index (χ2v) is 6.74. The Morgan fingerprint density at radius 3 is 2.31 bits per heavy atom. The standard InChI is InChI=1S/C22H28F2N2O3/c1-5-16-8-7-9-17(6-2)21(16)25-20(27)14-26(3)13-15-10-11-18(29-22(23)24)19(12-15)28-4/h7-12,22H,5-6,13-14H2,1-4H3,(H,25,27). The number of ether oxygens (including phenoxy) is 2. The van der Waals surface area contributed by atoms with Crippen LogP contribution in [0, 0.1) is 0 Å². The first kappa shape index (κ1) is 22.6. The van der Waals surface area contributed by atoms with E-state index in [1.165, 1.54) is 13.2 Å². The summed E-state index contributed by atoms with van der Waals surface area (Å²) in [6.45, 7) is 1.85. The van der Waals surface area contributed by atoms with Crippen molar-refractivity contribution in [3.8, 4) is 11.5 Å². The third-order valence-corrected chi connectivity index (χ3v) is 4.57. The number of alkyl halides is 2. The van der Waals surface area contributed by atoms with E-state index in [1.54, 1.807) is 12.1 Å².